The average Bonchev–Trinajstić information content (AvgIpc) is 3.01. The van der Waals surface area contributed by atoms with Crippen molar-refractivity contribution in [2.45, 2.75) is 187 Å². The van der Waals surface area contributed by atoms with E-state index in [0.717, 1.165) is 12.8 Å². The van der Waals surface area contributed by atoms with Gasteiger partial charge in [0, 0.05) is 12.7 Å². The predicted octanol–water partition coefficient (Wildman–Crippen LogP) is 11.8. The highest BCUT2D eigenvalue weighted by molar-refractivity contribution is 5.82. The fourth-order valence-electron chi connectivity index (χ4n) is 5.30. The van der Waals surface area contributed by atoms with E-state index >= 15 is 0 Å². The second-order valence-electron chi connectivity index (χ2n) is 12.4. The van der Waals surface area contributed by atoms with Gasteiger partial charge in [-0.25, -0.2) is 4.79 Å². The number of aliphatic hydroxyl groups is 1. The standard InChI is InChI=1S/C39H72O4/c1-3-5-7-9-11-13-15-17-19-20-21-22-24-26-28-30-32-34-39(41)43-38(36-40)37-42-35-33-31-29-27-25-23-18-16-14-12-10-8-6-4-2/h24,26,28,30,32,34,38,40H,3-23,25,27,29,31,33,35-37H2,1-2H3/t38-/m0/s1. The van der Waals surface area contributed by atoms with Crippen molar-refractivity contribution in [2.75, 3.05) is 19.8 Å². The zero-order chi connectivity index (χ0) is 31.3. The molecule has 0 aliphatic rings. The van der Waals surface area contributed by atoms with Gasteiger partial charge in [0.05, 0.1) is 13.2 Å². The maximum absolute atomic E-state index is 12.0. The summed E-state index contributed by atoms with van der Waals surface area (Å²) in [5.41, 5.74) is 0. The number of hydrogen-bond acceptors (Lipinski definition) is 4. The molecule has 43 heavy (non-hydrogen) atoms. The van der Waals surface area contributed by atoms with Crippen molar-refractivity contribution < 1.29 is 19.4 Å². The molecule has 0 bridgehead atoms. The molecule has 0 saturated carbocycles. The van der Waals surface area contributed by atoms with E-state index in [1.165, 1.54) is 160 Å². The van der Waals surface area contributed by atoms with E-state index in [2.05, 4.69) is 19.9 Å². The summed E-state index contributed by atoms with van der Waals surface area (Å²) >= 11 is 0. The summed E-state index contributed by atoms with van der Waals surface area (Å²) in [4.78, 5) is 12.0. The highest BCUT2D eigenvalue weighted by atomic mass is 16.6. The van der Waals surface area contributed by atoms with Crippen LogP contribution < -0.4 is 0 Å². The van der Waals surface area contributed by atoms with Crippen molar-refractivity contribution >= 4 is 5.97 Å². The lowest BCUT2D eigenvalue weighted by atomic mass is 10.0. The van der Waals surface area contributed by atoms with Crippen molar-refractivity contribution in [3.63, 3.8) is 0 Å². The van der Waals surface area contributed by atoms with Gasteiger partial charge in [0.2, 0.25) is 0 Å². The van der Waals surface area contributed by atoms with Crippen molar-refractivity contribution in [1.82, 2.24) is 0 Å². The highest BCUT2D eigenvalue weighted by Gasteiger charge is 2.11. The smallest absolute Gasteiger partial charge is 0.331 e. The number of carbonyl (C=O) groups excluding carboxylic acids is 1. The van der Waals surface area contributed by atoms with Crippen LogP contribution in [0.5, 0.6) is 0 Å². The molecule has 0 aromatic heterocycles. The van der Waals surface area contributed by atoms with Crippen molar-refractivity contribution in [3.05, 3.63) is 36.5 Å². The van der Waals surface area contributed by atoms with Crippen molar-refractivity contribution in [2.24, 2.45) is 0 Å². The predicted molar refractivity (Wildman–Crippen MR) is 187 cm³/mol. The van der Waals surface area contributed by atoms with Crippen LogP contribution in [0.4, 0.5) is 0 Å². The summed E-state index contributed by atoms with van der Waals surface area (Å²) in [6.07, 6.45) is 45.3. The summed E-state index contributed by atoms with van der Waals surface area (Å²) in [6, 6.07) is 0. The Balaban J connectivity index is 3.57. The number of ether oxygens (including phenoxy) is 2. The first kappa shape index (κ1) is 41.6. The third kappa shape index (κ3) is 35.0. The van der Waals surface area contributed by atoms with Gasteiger partial charge >= 0.3 is 5.97 Å². The fourth-order valence-corrected chi connectivity index (χ4v) is 5.30. The molecule has 0 rings (SSSR count). The van der Waals surface area contributed by atoms with Crippen molar-refractivity contribution in [1.29, 1.82) is 0 Å². The third-order valence-electron chi connectivity index (χ3n) is 8.11. The van der Waals surface area contributed by atoms with Gasteiger partial charge in [0.25, 0.3) is 0 Å². The molecule has 0 heterocycles. The molecule has 0 aliphatic carbocycles. The molecule has 0 fully saturated rings. The molecular weight excluding hydrogens is 532 g/mol. The molecular formula is C39H72O4. The minimum atomic E-state index is -0.613. The number of carbonyl (C=O) groups is 1. The van der Waals surface area contributed by atoms with E-state index in [0.29, 0.717) is 6.61 Å². The quantitative estimate of drug-likeness (QED) is 0.0343. The Morgan fingerprint density at radius 2 is 0.977 bits per heavy atom. The van der Waals surface area contributed by atoms with Crippen LogP contribution in [0.1, 0.15) is 181 Å². The number of aliphatic hydroxyl groups excluding tert-OH is 1. The van der Waals surface area contributed by atoms with E-state index in [1.54, 1.807) is 6.08 Å². The van der Waals surface area contributed by atoms with Gasteiger partial charge in [0.1, 0.15) is 6.10 Å². The number of hydrogen-bond donors (Lipinski definition) is 1. The Morgan fingerprint density at radius 3 is 1.44 bits per heavy atom. The molecule has 0 spiro atoms. The van der Waals surface area contributed by atoms with Gasteiger partial charge in [-0.15, -0.1) is 0 Å². The lowest BCUT2D eigenvalue weighted by Gasteiger charge is -2.14. The molecule has 1 atom stereocenters. The van der Waals surface area contributed by atoms with Crippen LogP contribution >= 0.6 is 0 Å². The lowest BCUT2D eigenvalue weighted by molar-refractivity contribution is -0.148. The number of allylic oxidation sites excluding steroid dienone is 5. The van der Waals surface area contributed by atoms with Crippen LogP contribution in [0.15, 0.2) is 36.5 Å². The number of rotatable bonds is 34. The number of esters is 1. The molecule has 0 unspecified atom stereocenters. The summed E-state index contributed by atoms with van der Waals surface area (Å²) in [6.45, 7) is 5.21. The summed E-state index contributed by atoms with van der Waals surface area (Å²) in [5, 5.41) is 9.52. The molecule has 4 nitrogen and oxygen atoms in total. The molecule has 0 saturated heterocycles. The van der Waals surface area contributed by atoms with E-state index in [-0.39, 0.29) is 13.2 Å². The third-order valence-corrected chi connectivity index (χ3v) is 8.11. The molecule has 0 aromatic rings. The normalized spacial score (nSPS) is 12.7. The SMILES string of the molecule is CCCCCCCCCCCCCC=CC=CC=CC(=O)O[C@@H](CO)COCCCCCCCCCCCCCCCC. The largest absolute Gasteiger partial charge is 0.454 e. The minimum Gasteiger partial charge on any atom is -0.454 e. The monoisotopic (exact) mass is 605 g/mol. The van der Waals surface area contributed by atoms with Crippen LogP contribution in [0.2, 0.25) is 0 Å². The van der Waals surface area contributed by atoms with Crippen LogP contribution in [0.25, 0.3) is 0 Å². The van der Waals surface area contributed by atoms with E-state index in [9.17, 15) is 9.90 Å². The Morgan fingerprint density at radius 1 is 0.558 bits per heavy atom. The molecule has 252 valence electrons. The second-order valence-corrected chi connectivity index (χ2v) is 12.4. The molecule has 4 heteroatoms. The Labute approximate surface area is 268 Å². The summed E-state index contributed by atoms with van der Waals surface area (Å²) in [5.74, 6) is -0.450. The molecule has 0 amide bonds. The molecule has 0 aromatic carbocycles. The molecule has 0 aliphatic heterocycles. The van der Waals surface area contributed by atoms with Crippen molar-refractivity contribution in [3.8, 4) is 0 Å². The van der Waals surface area contributed by atoms with Gasteiger partial charge in [0.15, 0.2) is 0 Å². The van der Waals surface area contributed by atoms with E-state index < -0.39 is 12.1 Å². The molecule has 1 N–H and O–H groups in total. The Bertz CT molecular complexity index is 639. The summed E-state index contributed by atoms with van der Waals surface area (Å²) in [7, 11) is 0. The zero-order valence-corrected chi connectivity index (χ0v) is 28.7. The second kappa shape index (κ2) is 36.8. The van der Waals surface area contributed by atoms with Gasteiger partial charge < -0.3 is 14.6 Å². The minimum absolute atomic E-state index is 0.226. The van der Waals surface area contributed by atoms with Gasteiger partial charge in [-0.3, -0.25) is 0 Å². The van der Waals surface area contributed by atoms with E-state index in [1.807, 2.05) is 18.2 Å². The van der Waals surface area contributed by atoms with Crippen LogP contribution in [0, 0.1) is 0 Å². The maximum Gasteiger partial charge on any atom is 0.331 e. The zero-order valence-electron chi connectivity index (χ0n) is 28.7. The number of unbranched alkanes of at least 4 members (excludes halogenated alkanes) is 24. The first-order chi connectivity index (χ1) is 21.2. The van der Waals surface area contributed by atoms with Gasteiger partial charge in [-0.05, 0) is 19.3 Å². The van der Waals surface area contributed by atoms with Crippen LogP contribution in [-0.2, 0) is 14.3 Å². The van der Waals surface area contributed by atoms with Gasteiger partial charge in [-0.2, -0.15) is 0 Å². The Kier molecular flexibility index (Phi) is 35.6. The van der Waals surface area contributed by atoms with E-state index in [4.69, 9.17) is 9.47 Å². The first-order valence-electron chi connectivity index (χ1n) is 18.6. The summed E-state index contributed by atoms with van der Waals surface area (Å²) < 4.78 is 10.9. The highest BCUT2D eigenvalue weighted by Crippen LogP contribution is 2.14. The lowest BCUT2D eigenvalue weighted by Crippen LogP contribution is -2.26. The first-order valence-corrected chi connectivity index (χ1v) is 18.6. The average molecular weight is 605 g/mol. The van der Waals surface area contributed by atoms with Crippen LogP contribution in [0.3, 0.4) is 0 Å². The van der Waals surface area contributed by atoms with Crippen LogP contribution in [-0.4, -0.2) is 37.0 Å². The molecule has 0 radical (unpaired) electrons. The maximum atomic E-state index is 12.0. The van der Waals surface area contributed by atoms with Gasteiger partial charge in [-0.1, -0.05) is 192 Å². The Hall–Kier alpha value is -1.39. The topological polar surface area (TPSA) is 55.8 Å². The fraction of sp³-hybridized carbons (Fsp3) is 0.821.